The highest BCUT2D eigenvalue weighted by Gasteiger charge is 2.59. The minimum absolute atomic E-state index is 0.0468. The second kappa shape index (κ2) is 7.40. The molecule has 4 nitrogen and oxygen atoms in total. The fourth-order valence-corrected chi connectivity index (χ4v) is 5.48. The minimum atomic E-state index is -5.00. The molecule has 1 N–H and O–H groups in total. The summed E-state index contributed by atoms with van der Waals surface area (Å²) in [5, 5.41) is 10.2. The van der Waals surface area contributed by atoms with Crippen LogP contribution in [0, 0.1) is 5.41 Å². The summed E-state index contributed by atoms with van der Waals surface area (Å²) in [7, 11) is 0. The molecule has 1 spiro atoms. The Labute approximate surface area is 171 Å². The number of nitrogens with zero attached hydrogens (tertiary/aromatic N) is 2. The molecular weight excluding hydrogens is 401 g/mol. The lowest BCUT2D eigenvalue weighted by Crippen LogP contribution is -2.51. The number of likely N-dealkylation sites (tertiary alicyclic amines) is 1. The van der Waals surface area contributed by atoms with E-state index in [0.717, 1.165) is 43.4 Å². The number of para-hydroxylation sites is 1. The van der Waals surface area contributed by atoms with Gasteiger partial charge in [-0.2, -0.15) is 13.2 Å². The number of hydrogen-bond acceptors (Lipinski definition) is 4. The normalized spacial score (nSPS) is 24.8. The molecule has 1 aromatic carbocycles. The first-order valence-electron chi connectivity index (χ1n) is 9.80. The number of carbonyl (C=O) groups excluding carboxylic acids is 1. The Morgan fingerprint density at radius 3 is 2.72 bits per heavy atom. The highest BCUT2D eigenvalue weighted by molar-refractivity contribution is 7.18. The summed E-state index contributed by atoms with van der Waals surface area (Å²) in [5.41, 5.74) is -2.95. The number of carbonyl (C=O) groups is 1. The molecule has 2 aromatic rings. The predicted molar refractivity (Wildman–Crippen MR) is 105 cm³/mol. The van der Waals surface area contributed by atoms with E-state index < -0.39 is 29.1 Å². The van der Waals surface area contributed by atoms with Crippen LogP contribution in [-0.2, 0) is 10.4 Å². The smallest absolute Gasteiger partial charge is 0.374 e. The van der Waals surface area contributed by atoms with Gasteiger partial charge in [-0.15, -0.1) is 11.3 Å². The van der Waals surface area contributed by atoms with E-state index in [1.807, 2.05) is 0 Å². The average molecular weight is 424 g/mol. The molecule has 1 fully saturated rings. The van der Waals surface area contributed by atoms with Crippen molar-refractivity contribution in [3.05, 3.63) is 41.4 Å². The van der Waals surface area contributed by atoms with Gasteiger partial charge in [-0.05, 0) is 49.7 Å². The quantitative estimate of drug-likeness (QED) is 0.721. The monoisotopic (exact) mass is 424 g/mol. The van der Waals surface area contributed by atoms with Crippen molar-refractivity contribution in [1.82, 2.24) is 9.88 Å². The molecule has 2 aliphatic rings. The van der Waals surface area contributed by atoms with E-state index in [4.69, 9.17) is 0 Å². The summed E-state index contributed by atoms with van der Waals surface area (Å²) in [6.07, 6.45) is 2.63. The van der Waals surface area contributed by atoms with Crippen LogP contribution in [0.4, 0.5) is 13.2 Å². The zero-order chi connectivity index (χ0) is 20.7. The Kier molecular flexibility index (Phi) is 5.19. The van der Waals surface area contributed by atoms with Crippen LogP contribution < -0.4 is 0 Å². The van der Waals surface area contributed by atoms with Gasteiger partial charge in [0.05, 0.1) is 16.6 Å². The van der Waals surface area contributed by atoms with E-state index >= 15 is 0 Å². The van der Waals surface area contributed by atoms with Crippen LogP contribution in [0.25, 0.3) is 10.2 Å². The van der Waals surface area contributed by atoms with Gasteiger partial charge in [0.15, 0.2) is 0 Å². The van der Waals surface area contributed by atoms with Gasteiger partial charge in [0.2, 0.25) is 11.5 Å². The van der Waals surface area contributed by atoms with E-state index in [1.54, 1.807) is 24.3 Å². The fraction of sp³-hybridized carbons (Fsp3) is 0.524. The van der Waals surface area contributed by atoms with Gasteiger partial charge in [0.25, 0.3) is 0 Å². The third-order valence-electron chi connectivity index (χ3n) is 6.10. The number of fused-ring (bicyclic) bond motifs is 1. The number of benzene rings is 1. The molecule has 1 saturated heterocycles. The fourth-order valence-electron chi connectivity index (χ4n) is 4.41. The first-order chi connectivity index (χ1) is 13.7. The second-order valence-corrected chi connectivity index (χ2v) is 9.19. The Morgan fingerprint density at radius 1 is 1.24 bits per heavy atom. The number of halogens is 3. The lowest BCUT2D eigenvalue weighted by atomic mass is 9.71. The van der Waals surface area contributed by atoms with Crippen molar-refractivity contribution in [2.45, 2.75) is 50.3 Å². The van der Waals surface area contributed by atoms with E-state index in [9.17, 15) is 23.1 Å². The van der Waals surface area contributed by atoms with E-state index in [-0.39, 0.29) is 5.41 Å². The molecule has 1 aromatic heterocycles. The maximum atomic E-state index is 13.9. The molecule has 0 unspecified atom stereocenters. The van der Waals surface area contributed by atoms with Crippen molar-refractivity contribution < 1.29 is 23.1 Å². The first kappa shape index (κ1) is 20.3. The van der Waals surface area contributed by atoms with Crippen molar-refractivity contribution in [3.8, 4) is 0 Å². The molecule has 1 amide bonds. The Hall–Kier alpha value is -1.93. The van der Waals surface area contributed by atoms with Crippen molar-refractivity contribution in [3.63, 3.8) is 0 Å². The van der Waals surface area contributed by atoms with Crippen LogP contribution in [0.1, 0.15) is 43.5 Å². The van der Waals surface area contributed by atoms with Crippen LogP contribution in [0.5, 0.6) is 0 Å². The van der Waals surface area contributed by atoms with Crippen LogP contribution in [0.2, 0.25) is 0 Å². The summed E-state index contributed by atoms with van der Waals surface area (Å²) in [6, 6.07) is 6.63. The zero-order valence-electron chi connectivity index (χ0n) is 15.9. The summed E-state index contributed by atoms with van der Waals surface area (Å²) >= 11 is 0.780. The molecule has 8 heteroatoms. The molecule has 2 atom stereocenters. The van der Waals surface area contributed by atoms with Gasteiger partial charge in [-0.1, -0.05) is 24.3 Å². The average Bonchev–Trinajstić information content (AvgIpc) is 3.12. The van der Waals surface area contributed by atoms with Crippen molar-refractivity contribution in [2.75, 3.05) is 13.1 Å². The van der Waals surface area contributed by atoms with Crippen LogP contribution in [0.15, 0.2) is 36.4 Å². The molecule has 2 heterocycles. The largest absolute Gasteiger partial charge is 0.424 e. The predicted octanol–water partition coefficient (Wildman–Crippen LogP) is 4.79. The van der Waals surface area contributed by atoms with E-state index in [1.165, 1.54) is 4.90 Å². The standard InChI is InChI=1S/C21H23F3N2O2S/c22-21(23,24)20(28,18-25-15-7-2-3-8-16(15)29-18)13-17(27)26-12-6-11-19(14-26)9-4-1-5-10-19/h1-4,7-8,28H,5-6,9-14H2/t19-,20+/m0/s1. The Balaban J connectivity index is 1.59. The number of rotatable bonds is 3. The van der Waals surface area contributed by atoms with E-state index in [0.29, 0.717) is 23.3 Å². The summed E-state index contributed by atoms with van der Waals surface area (Å²) in [4.78, 5) is 18.4. The lowest BCUT2D eigenvalue weighted by molar-refractivity contribution is -0.268. The van der Waals surface area contributed by atoms with Gasteiger partial charge in [0.1, 0.15) is 5.01 Å². The molecule has 156 valence electrons. The molecule has 1 aliphatic heterocycles. The second-order valence-electron chi connectivity index (χ2n) is 8.15. The molecule has 0 saturated carbocycles. The van der Waals surface area contributed by atoms with Crippen molar-refractivity contribution in [2.24, 2.45) is 5.41 Å². The van der Waals surface area contributed by atoms with E-state index in [2.05, 4.69) is 17.1 Å². The topological polar surface area (TPSA) is 53.4 Å². The summed E-state index contributed by atoms with van der Waals surface area (Å²) < 4.78 is 42.3. The molecule has 0 bridgehead atoms. The van der Waals surface area contributed by atoms with Gasteiger partial charge < -0.3 is 10.0 Å². The number of piperidine rings is 1. The summed E-state index contributed by atoms with van der Waals surface area (Å²) in [6.45, 7) is 0.877. The number of amides is 1. The number of aromatic nitrogens is 1. The Bertz CT molecular complexity index is 908. The summed E-state index contributed by atoms with van der Waals surface area (Å²) in [5.74, 6) is -0.669. The zero-order valence-corrected chi connectivity index (χ0v) is 16.7. The van der Waals surface area contributed by atoms with Crippen LogP contribution in [0.3, 0.4) is 0 Å². The number of hydrogen-bond donors (Lipinski definition) is 1. The maximum absolute atomic E-state index is 13.9. The van der Waals surface area contributed by atoms with Gasteiger partial charge >= 0.3 is 6.18 Å². The third-order valence-corrected chi connectivity index (χ3v) is 7.28. The molecule has 29 heavy (non-hydrogen) atoms. The van der Waals surface area contributed by atoms with Gasteiger partial charge in [-0.3, -0.25) is 4.79 Å². The van der Waals surface area contributed by atoms with Crippen LogP contribution >= 0.6 is 11.3 Å². The van der Waals surface area contributed by atoms with Crippen LogP contribution in [-0.4, -0.2) is 40.2 Å². The SMILES string of the molecule is O=C(C[C@@](O)(c1nc2ccccc2s1)C(F)(F)F)N1CCC[C@@]2(CC=CCC2)C1. The molecule has 4 rings (SSSR count). The minimum Gasteiger partial charge on any atom is -0.374 e. The Morgan fingerprint density at radius 2 is 2.03 bits per heavy atom. The number of aliphatic hydroxyl groups is 1. The first-order valence-corrected chi connectivity index (χ1v) is 10.6. The van der Waals surface area contributed by atoms with Gasteiger partial charge in [-0.25, -0.2) is 4.98 Å². The number of thiazole rings is 1. The number of allylic oxidation sites excluding steroid dienone is 2. The maximum Gasteiger partial charge on any atom is 0.424 e. The third kappa shape index (κ3) is 3.80. The molecule has 0 radical (unpaired) electrons. The highest BCUT2D eigenvalue weighted by Crippen LogP contribution is 2.46. The highest BCUT2D eigenvalue weighted by atomic mass is 32.1. The molecular formula is C21H23F3N2O2S. The van der Waals surface area contributed by atoms with Gasteiger partial charge in [0, 0.05) is 13.1 Å². The van der Waals surface area contributed by atoms with Crippen molar-refractivity contribution in [1.29, 1.82) is 0 Å². The number of alkyl halides is 3. The van der Waals surface area contributed by atoms with Crippen molar-refractivity contribution >= 4 is 27.5 Å². The molecule has 1 aliphatic carbocycles. The lowest BCUT2D eigenvalue weighted by Gasteiger charge is -2.44.